The van der Waals surface area contributed by atoms with Crippen molar-refractivity contribution in [3.63, 3.8) is 0 Å². The van der Waals surface area contributed by atoms with Crippen LogP contribution in [0.15, 0.2) is 42.7 Å². The number of non-ortho nitro benzene ring substituents is 1. The molecule has 0 atom stereocenters. The van der Waals surface area contributed by atoms with Crippen LogP contribution in [0.25, 0.3) is 0 Å². The molecule has 0 N–H and O–H groups in total. The minimum atomic E-state index is -0.504. The van der Waals surface area contributed by atoms with E-state index in [1.54, 1.807) is 25.5 Å². The van der Waals surface area contributed by atoms with Gasteiger partial charge in [-0.05, 0) is 46.4 Å². The first-order valence-electron chi connectivity index (χ1n) is 6.07. The Kier molecular flexibility index (Phi) is 4.84. The lowest BCUT2D eigenvalue weighted by molar-refractivity contribution is -0.384. The summed E-state index contributed by atoms with van der Waals surface area (Å²) in [6.45, 7) is 0.417. The summed E-state index contributed by atoms with van der Waals surface area (Å²) in [5.74, 6) is -0.250. The lowest BCUT2D eigenvalue weighted by Gasteiger charge is -2.18. The summed E-state index contributed by atoms with van der Waals surface area (Å²) in [6.07, 6.45) is 3.32. The molecular weight excluding hydrogens is 385 g/mol. The van der Waals surface area contributed by atoms with Gasteiger partial charge in [-0.25, -0.2) is 0 Å². The van der Waals surface area contributed by atoms with E-state index >= 15 is 0 Å². The summed E-state index contributed by atoms with van der Waals surface area (Å²) in [4.78, 5) is 28.2. The number of hydrogen-bond acceptors (Lipinski definition) is 4. The number of pyridine rings is 1. The van der Waals surface area contributed by atoms with Crippen molar-refractivity contribution < 1.29 is 9.72 Å². The molecule has 6 nitrogen and oxygen atoms in total. The molecule has 0 aliphatic carbocycles. The molecule has 2 aromatic rings. The number of aromatic nitrogens is 1. The van der Waals surface area contributed by atoms with Gasteiger partial charge in [-0.2, -0.15) is 0 Å². The van der Waals surface area contributed by atoms with Crippen molar-refractivity contribution in [2.24, 2.45) is 0 Å². The Morgan fingerprint density at radius 1 is 1.33 bits per heavy atom. The van der Waals surface area contributed by atoms with Gasteiger partial charge in [0.1, 0.15) is 0 Å². The van der Waals surface area contributed by atoms with E-state index < -0.39 is 4.92 Å². The highest BCUT2D eigenvalue weighted by atomic mass is 127. The van der Waals surface area contributed by atoms with Crippen molar-refractivity contribution in [3.05, 3.63) is 67.5 Å². The first-order chi connectivity index (χ1) is 9.99. The summed E-state index contributed by atoms with van der Waals surface area (Å²) in [5.41, 5.74) is 1.19. The Bertz CT molecular complexity index is 676. The van der Waals surface area contributed by atoms with E-state index in [2.05, 4.69) is 4.98 Å². The fourth-order valence-corrected chi connectivity index (χ4v) is 2.40. The van der Waals surface area contributed by atoms with Gasteiger partial charge in [0.15, 0.2) is 0 Å². The van der Waals surface area contributed by atoms with Crippen LogP contribution in [0.2, 0.25) is 0 Å². The monoisotopic (exact) mass is 397 g/mol. The summed E-state index contributed by atoms with van der Waals surface area (Å²) in [5, 5.41) is 10.8. The van der Waals surface area contributed by atoms with Crippen molar-refractivity contribution >= 4 is 34.2 Å². The molecule has 0 radical (unpaired) electrons. The predicted octanol–water partition coefficient (Wildman–Crippen LogP) is 2.87. The zero-order valence-corrected chi connectivity index (χ0v) is 13.4. The zero-order chi connectivity index (χ0) is 15.4. The van der Waals surface area contributed by atoms with Crippen LogP contribution in [0.5, 0.6) is 0 Å². The molecule has 0 bridgehead atoms. The molecule has 0 fully saturated rings. The first kappa shape index (κ1) is 15.4. The average molecular weight is 397 g/mol. The highest BCUT2D eigenvalue weighted by molar-refractivity contribution is 14.1. The smallest absolute Gasteiger partial charge is 0.270 e. The van der Waals surface area contributed by atoms with E-state index in [0.717, 1.165) is 5.56 Å². The predicted molar refractivity (Wildman–Crippen MR) is 85.8 cm³/mol. The van der Waals surface area contributed by atoms with E-state index in [1.165, 1.54) is 17.0 Å². The van der Waals surface area contributed by atoms with Crippen molar-refractivity contribution in [3.8, 4) is 0 Å². The maximum absolute atomic E-state index is 12.4. The SMILES string of the molecule is CN(Cc1ccncc1)C(=O)c1cc([N+](=O)[O-])ccc1I. The molecule has 0 aliphatic heterocycles. The van der Waals surface area contributed by atoms with E-state index in [4.69, 9.17) is 0 Å². The van der Waals surface area contributed by atoms with Crippen LogP contribution in [0, 0.1) is 13.7 Å². The summed E-state index contributed by atoms with van der Waals surface area (Å²) < 4.78 is 0.685. The molecule has 0 aliphatic rings. The van der Waals surface area contributed by atoms with Crippen LogP contribution in [-0.4, -0.2) is 27.8 Å². The molecular formula is C14H12IN3O3. The molecule has 2 rings (SSSR count). The molecule has 108 valence electrons. The highest BCUT2D eigenvalue weighted by Gasteiger charge is 2.18. The Morgan fingerprint density at radius 2 is 2.00 bits per heavy atom. The van der Waals surface area contributed by atoms with Crippen LogP contribution in [0.1, 0.15) is 15.9 Å². The number of nitro groups is 1. The number of amides is 1. The fourth-order valence-electron chi connectivity index (χ4n) is 1.83. The average Bonchev–Trinajstić information content (AvgIpc) is 2.47. The number of hydrogen-bond donors (Lipinski definition) is 0. The van der Waals surface area contributed by atoms with Crippen molar-refractivity contribution in [1.82, 2.24) is 9.88 Å². The second-order valence-electron chi connectivity index (χ2n) is 4.44. The van der Waals surface area contributed by atoms with Crippen LogP contribution in [0.4, 0.5) is 5.69 Å². The van der Waals surface area contributed by atoms with Crippen LogP contribution in [0.3, 0.4) is 0 Å². The van der Waals surface area contributed by atoms with Crippen LogP contribution >= 0.6 is 22.6 Å². The molecule has 1 aromatic carbocycles. The van der Waals surface area contributed by atoms with Gasteiger partial charge < -0.3 is 4.90 Å². The largest absolute Gasteiger partial charge is 0.337 e. The van der Waals surface area contributed by atoms with Gasteiger partial charge in [0.05, 0.1) is 10.5 Å². The number of nitrogens with zero attached hydrogens (tertiary/aromatic N) is 3. The molecule has 1 heterocycles. The van der Waals surface area contributed by atoms with Crippen LogP contribution < -0.4 is 0 Å². The van der Waals surface area contributed by atoms with Crippen molar-refractivity contribution in [2.45, 2.75) is 6.54 Å². The topological polar surface area (TPSA) is 76.3 Å². The van der Waals surface area contributed by atoms with Gasteiger partial charge in [-0.3, -0.25) is 19.9 Å². The molecule has 0 saturated heterocycles. The molecule has 1 amide bonds. The normalized spacial score (nSPS) is 10.2. The lowest BCUT2D eigenvalue weighted by Crippen LogP contribution is -2.27. The van der Waals surface area contributed by atoms with E-state index in [1.807, 2.05) is 34.7 Å². The third-order valence-electron chi connectivity index (χ3n) is 2.91. The molecule has 0 saturated carbocycles. The second kappa shape index (κ2) is 6.61. The van der Waals surface area contributed by atoms with Crippen molar-refractivity contribution in [1.29, 1.82) is 0 Å². The number of carbonyl (C=O) groups excluding carboxylic acids is 1. The summed E-state index contributed by atoms with van der Waals surface area (Å²) >= 11 is 2.00. The van der Waals surface area contributed by atoms with E-state index in [-0.39, 0.29) is 11.6 Å². The molecule has 0 unspecified atom stereocenters. The third kappa shape index (κ3) is 3.75. The van der Waals surface area contributed by atoms with Gasteiger partial charge in [-0.1, -0.05) is 0 Å². The number of carbonyl (C=O) groups is 1. The third-order valence-corrected chi connectivity index (χ3v) is 3.85. The summed E-state index contributed by atoms with van der Waals surface area (Å²) in [6, 6.07) is 7.92. The minimum Gasteiger partial charge on any atom is -0.337 e. The molecule has 1 aromatic heterocycles. The molecule has 7 heteroatoms. The van der Waals surface area contributed by atoms with E-state index in [9.17, 15) is 14.9 Å². The molecule has 21 heavy (non-hydrogen) atoms. The zero-order valence-electron chi connectivity index (χ0n) is 11.2. The van der Waals surface area contributed by atoms with Crippen LogP contribution in [-0.2, 0) is 6.54 Å². The van der Waals surface area contributed by atoms with Crippen molar-refractivity contribution in [2.75, 3.05) is 7.05 Å². The van der Waals surface area contributed by atoms with Gasteiger partial charge in [0.2, 0.25) is 0 Å². The fraction of sp³-hybridized carbons (Fsp3) is 0.143. The molecule has 0 spiro atoms. The maximum atomic E-state index is 12.4. The quantitative estimate of drug-likeness (QED) is 0.452. The number of nitro benzene ring substituents is 1. The Morgan fingerprint density at radius 3 is 2.62 bits per heavy atom. The first-order valence-corrected chi connectivity index (χ1v) is 7.15. The summed E-state index contributed by atoms with van der Waals surface area (Å²) in [7, 11) is 1.66. The standard InChI is InChI=1S/C14H12IN3O3/c1-17(9-10-4-6-16-7-5-10)14(19)12-8-11(18(20)21)2-3-13(12)15/h2-8H,9H2,1H3. The maximum Gasteiger partial charge on any atom is 0.270 e. The second-order valence-corrected chi connectivity index (χ2v) is 5.60. The number of benzene rings is 1. The Labute approximate surface area is 135 Å². The lowest BCUT2D eigenvalue weighted by atomic mass is 10.1. The van der Waals surface area contributed by atoms with Gasteiger partial charge in [0, 0.05) is 41.7 Å². The number of rotatable bonds is 4. The highest BCUT2D eigenvalue weighted by Crippen LogP contribution is 2.21. The Hall–Kier alpha value is -2.03. The Balaban J connectivity index is 2.23. The minimum absolute atomic E-state index is 0.0870. The number of halogens is 1. The van der Waals surface area contributed by atoms with Gasteiger partial charge in [0.25, 0.3) is 11.6 Å². The van der Waals surface area contributed by atoms with E-state index in [0.29, 0.717) is 15.7 Å². The van der Waals surface area contributed by atoms with Gasteiger partial charge in [-0.15, -0.1) is 0 Å². The van der Waals surface area contributed by atoms with Gasteiger partial charge >= 0.3 is 0 Å².